The van der Waals surface area contributed by atoms with Crippen LogP contribution in [0.3, 0.4) is 0 Å². The highest BCUT2D eigenvalue weighted by Crippen LogP contribution is 2.50. The van der Waals surface area contributed by atoms with Gasteiger partial charge in [0.25, 0.3) is 0 Å². The summed E-state index contributed by atoms with van der Waals surface area (Å²) in [5.74, 6) is -3.62. The van der Waals surface area contributed by atoms with Crippen LogP contribution in [0.25, 0.3) is 0 Å². The average Bonchev–Trinajstić information content (AvgIpc) is 2.51. The smallest absolute Gasteiger partial charge is 0.242 e. The van der Waals surface area contributed by atoms with Crippen molar-refractivity contribution in [2.24, 2.45) is 0 Å². The number of aromatic hydroxyl groups is 2. The average molecular weight is 302 g/mol. The molecule has 0 radical (unpaired) electrons. The van der Waals surface area contributed by atoms with Gasteiger partial charge in [-0.2, -0.15) is 0 Å². The van der Waals surface area contributed by atoms with Crippen molar-refractivity contribution in [2.75, 3.05) is 7.11 Å². The van der Waals surface area contributed by atoms with Crippen LogP contribution >= 0.6 is 0 Å². The molecule has 1 unspecified atom stereocenters. The van der Waals surface area contributed by atoms with Crippen molar-refractivity contribution >= 4 is 5.78 Å². The summed E-state index contributed by atoms with van der Waals surface area (Å²) in [6.07, 6.45) is -0.372. The standard InChI is InChI=1S/C16H14O6/c1-21-12-7-10(17)13-11(18)8-16(20,22-15(13)14(12)19)9-5-3-2-4-6-9/h2-7,17,19-20H,8H2,1H3. The molecule has 1 atom stereocenters. The van der Waals surface area contributed by atoms with Gasteiger partial charge in [-0.3, -0.25) is 4.79 Å². The molecule has 1 aliphatic rings. The van der Waals surface area contributed by atoms with E-state index in [1.165, 1.54) is 7.11 Å². The van der Waals surface area contributed by atoms with Crippen LogP contribution in [0.2, 0.25) is 0 Å². The first kappa shape index (κ1) is 14.2. The summed E-state index contributed by atoms with van der Waals surface area (Å²) >= 11 is 0. The number of phenols is 2. The Balaban J connectivity index is 2.17. The lowest BCUT2D eigenvalue weighted by atomic mass is 9.92. The summed E-state index contributed by atoms with van der Waals surface area (Å²) in [4.78, 5) is 12.3. The zero-order chi connectivity index (χ0) is 15.9. The molecule has 0 saturated carbocycles. The van der Waals surface area contributed by atoms with Crippen LogP contribution < -0.4 is 9.47 Å². The Morgan fingerprint density at radius 2 is 1.91 bits per heavy atom. The molecular formula is C16H14O6. The molecule has 0 spiro atoms. The second-order valence-corrected chi connectivity index (χ2v) is 5.00. The molecule has 2 aromatic rings. The van der Waals surface area contributed by atoms with Crippen molar-refractivity contribution < 1.29 is 29.6 Å². The van der Waals surface area contributed by atoms with Crippen molar-refractivity contribution in [3.63, 3.8) is 0 Å². The summed E-state index contributed by atoms with van der Waals surface area (Å²) in [6, 6.07) is 9.49. The quantitative estimate of drug-likeness (QED) is 0.733. The Morgan fingerprint density at radius 3 is 2.55 bits per heavy atom. The first-order valence-corrected chi connectivity index (χ1v) is 6.59. The number of ketones is 1. The van der Waals surface area contributed by atoms with Crippen molar-refractivity contribution in [1.29, 1.82) is 0 Å². The normalized spacial score (nSPS) is 20.2. The summed E-state index contributed by atoms with van der Waals surface area (Å²) in [5, 5.41) is 30.7. The third kappa shape index (κ3) is 2.05. The lowest BCUT2D eigenvalue weighted by Crippen LogP contribution is -2.39. The zero-order valence-electron chi connectivity index (χ0n) is 11.7. The molecule has 0 amide bonds. The van der Waals surface area contributed by atoms with Crippen LogP contribution in [-0.4, -0.2) is 28.2 Å². The number of phenolic OH excluding ortho intramolecular Hbond substituents is 2. The maximum Gasteiger partial charge on any atom is 0.242 e. The van der Waals surface area contributed by atoms with Gasteiger partial charge in [0, 0.05) is 11.6 Å². The van der Waals surface area contributed by atoms with Crippen LogP contribution in [0.5, 0.6) is 23.0 Å². The van der Waals surface area contributed by atoms with Crippen LogP contribution in [0.1, 0.15) is 22.3 Å². The molecule has 0 bridgehead atoms. The van der Waals surface area contributed by atoms with E-state index in [2.05, 4.69) is 0 Å². The van der Waals surface area contributed by atoms with Gasteiger partial charge in [-0.25, -0.2) is 0 Å². The van der Waals surface area contributed by atoms with E-state index in [0.29, 0.717) is 5.56 Å². The number of hydrogen-bond donors (Lipinski definition) is 3. The van der Waals surface area contributed by atoms with E-state index in [0.717, 1.165) is 6.07 Å². The molecule has 3 rings (SSSR count). The van der Waals surface area contributed by atoms with Gasteiger partial charge in [-0.15, -0.1) is 0 Å². The predicted octanol–water partition coefficient (Wildman–Crippen LogP) is 1.92. The number of carbonyl (C=O) groups excluding carboxylic acids is 1. The number of benzene rings is 2. The van der Waals surface area contributed by atoms with Crippen LogP contribution in [0.4, 0.5) is 0 Å². The molecule has 0 fully saturated rings. The number of hydrogen-bond acceptors (Lipinski definition) is 6. The van der Waals surface area contributed by atoms with Gasteiger partial charge in [0.05, 0.1) is 13.5 Å². The Hall–Kier alpha value is -2.73. The Kier molecular flexibility index (Phi) is 3.18. The van der Waals surface area contributed by atoms with Gasteiger partial charge in [0.15, 0.2) is 17.3 Å². The SMILES string of the molecule is COc1cc(O)c2c(c1O)OC(O)(c1ccccc1)CC2=O. The van der Waals surface area contributed by atoms with Crippen molar-refractivity contribution in [1.82, 2.24) is 0 Å². The molecule has 0 aliphatic carbocycles. The molecule has 0 saturated heterocycles. The number of methoxy groups -OCH3 is 1. The van der Waals surface area contributed by atoms with E-state index >= 15 is 0 Å². The van der Waals surface area contributed by atoms with Crippen LogP contribution in [0, 0.1) is 0 Å². The molecule has 1 aliphatic heterocycles. The van der Waals surface area contributed by atoms with Gasteiger partial charge in [-0.05, 0) is 0 Å². The van der Waals surface area contributed by atoms with E-state index < -0.39 is 17.3 Å². The van der Waals surface area contributed by atoms with Crippen LogP contribution in [0.15, 0.2) is 36.4 Å². The minimum absolute atomic E-state index is 0.0543. The van der Waals surface area contributed by atoms with E-state index in [4.69, 9.17) is 9.47 Å². The topological polar surface area (TPSA) is 96.2 Å². The molecule has 0 aromatic heterocycles. The number of Topliss-reactive ketones (excluding diaryl/α,β-unsaturated/α-hetero) is 1. The first-order valence-electron chi connectivity index (χ1n) is 6.59. The lowest BCUT2D eigenvalue weighted by Gasteiger charge is -2.34. The molecule has 2 aromatic carbocycles. The minimum Gasteiger partial charge on any atom is -0.507 e. The van der Waals surface area contributed by atoms with Crippen molar-refractivity contribution in [2.45, 2.75) is 12.2 Å². The molecule has 22 heavy (non-hydrogen) atoms. The van der Waals surface area contributed by atoms with E-state index in [-0.39, 0.29) is 29.2 Å². The highest BCUT2D eigenvalue weighted by Gasteiger charge is 2.43. The Bertz CT molecular complexity index is 740. The maximum absolute atomic E-state index is 12.3. The third-order valence-electron chi connectivity index (χ3n) is 3.59. The number of aliphatic hydroxyl groups is 1. The van der Waals surface area contributed by atoms with Gasteiger partial charge < -0.3 is 24.8 Å². The predicted molar refractivity (Wildman–Crippen MR) is 76.2 cm³/mol. The largest absolute Gasteiger partial charge is 0.507 e. The zero-order valence-corrected chi connectivity index (χ0v) is 11.7. The first-order chi connectivity index (χ1) is 10.5. The van der Waals surface area contributed by atoms with Crippen molar-refractivity contribution in [3.8, 4) is 23.0 Å². The molecular weight excluding hydrogens is 288 g/mol. The van der Waals surface area contributed by atoms with E-state index in [9.17, 15) is 20.1 Å². The molecule has 114 valence electrons. The van der Waals surface area contributed by atoms with E-state index in [1.807, 2.05) is 0 Å². The molecule has 6 nitrogen and oxygen atoms in total. The van der Waals surface area contributed by atoms with Gasteiger partial charge >= 0.3 is 0 Å². The summed E-state index contributed by atoms with van der Waals surface area (Å²) in [7, 11) is 1.30. The van der Waals surface area contributed by atoms with Crippen LogP contribution in [-0.2, 0) is 5.79 Å². The summed E-state index contributed by atoms with van der Waals surface area (Å²) in [6.45, 7) is 0. The Labute approximate surface area is 126 Å². The second kappa shape index (κ2) is 4.92. The second-order valence-electron chi connectivity index (χ2n) is 5.00. The number of rotatable bonds is 2. The fourth-order valence-corrected chi connectivity index (χ4v) is 2.51. The molecule has 1 heterocycles. The number of ether oxygens (including phenoxy) is 2. The van der Waals surface area contributed by atoms with E-state index in [1.54, 1.807) is 30.3 Å². The fourth-order valence-electron chi connectivity index (χ4n) is 2.51. The van der Waals surface area contributed by atoms with Crippen molar-refractivity contribution in [3.05, 3.63) is 47.5 Å². The number of carbonyl (C=O) groups is 1. The summed E-state index contributed by atoms with van der Waals surface area (Å²) < 4.78 is 10.4. The monoisotopic (exact) mass is 302 g/mol. The molecule has 6 heteroatoms. The molecule has 3 N–H and O–H groups in total. The highest BCUT2D eigenvalue weighted by atomic mass is 16.6. The minimum atomic E-state index is -1.92. The third-order valence-corrected chi connectivity index (χ3v) is 3.59. The fraction of sp³-hybridized carbons (Fsp3) is 0.188. The Morgan fingerprint density at radius 1 is 1.23 bits per heavy atom. The number of fused-ring (bicyclic) bond motifs is 1. The maximum atomic E-state index is 12.3. The van der Waals surface area contributed by atoms with Gasteiger partial charge in [0.2, 0.25) is 11.5 Å². The van der Waals surface area contributed by atoms with Gasteiger partial charge in [-0.1, -0.05) is 30.3 Å². The summed E-state index contributed by atoms with van der Waals surface area (Å²) in [5.41, 5.74) is 0.203. The highest BCUT2D eigenvalue weighted by molar-refractivity contribution is 6.04. The van der Waals surface area contributed by atoms with Gasteiger partial charge in [0.1, 0.15) is 11.3 Å². The lowest BCUT2D eigenvalue weighted by molar-refractivity contribution is -0.148.